The smallest absolute Gasteiger partial charge is 0.323 e. The molecule has 0 saturated heterocycles. The van der Waals surface area contributed by atoms with Crippen molar-refractivity contribution < 1.29 is 14.7 Å². The fraction of sp³-hybridized carbons (Fsp3) is 0.571. The minimum absolute atomic E-state index is 0.0666. The van der Waals surface area contributed by atoms with Crippen LogP contribution in [0, 0.1) is 0 Å². The predicted molar refractivity (Wildman–Crippen MR) is 81.9 cm³/mol. The molecule has 0 aliphatic carbocycles. The molecule has 1 amide bonds. The van der Waals surface area contributed by atoms with Crippen molar-refractivity contribution in [3.63, 3.8) is 0 Å². The molecule has 0 spiro atoms. The zero-order chi connectivity index (χ0) is 16.2. The number of amides is 1. The Labute approximate surface area is 129 Å². The van der Waals surface area contributed by atoms with Crippen molar-refractivity contribution in [3.8, 4) is 0 Å². The highest BCUT2D eigenvalue weighted by atomic mass is 35.5. The van der Waals surface area contributed by atoms with Crippen molar-refractivity contribution in [2.24, 2.45) is 0 Å². The topological polar surface area (TPSA) is 65.8 Å². The highest BCUT2D eigenvalue weighted by molar-refractivity contribution is 6.31. The Bertz CT molecular complexity index is 512. The SMILES string of the molecule is CC(C)n1cc(Cl)cc1C(=O)N(CCN(C)C)CC(=O)O. The summed E-state index contributed by atoms with van der Waals surface area (Å²) in [4.78, 5) is 26.8. The third kappa shape index (κ3) is 5.06. The third-order valence-electron chi connectivity index (χ3n) is 3.02. The summed E-state index contributed by atoms with van der Waals surface area (Å²) in [6.45, 7) is 4.49. The van der Waals surface area contributed by atoms with Crippen LogP contribution in [0.5, 0.6) is 0 Å². The molecule has 6 nitrogen and oxygen atoms in total. The molecule has 1 rings (SSSR count). The molecular weight excluding hydrogens is 294 g/mol. The first-order valence-corrected chi connectivity index (χ1v) is 7.13. The Hall–Kier alpha value is -1.53. The summed E-state index contributed by atoms with van der Waals surface area (Å²) in [5.41, 5.74) is 0.412. The van der Waals surface area contributed by atoms with Crippen molar-refractivity contribution in [1.82, 2.24) is 14.4 Å². The lowest BCUT2D eigenvalue weighted by Crippen LogP contribution is -2.40. The molecule has 1 aromatic heterocycles. The van der Waals surface area contributed by atoms with Crippen LogP contribution in [0.4, 0.5) is 0 Å². The second-order valence-corrected chi connectivity index (χ2v) is 5.90. The molecule has 0 aliphatic heterocycles. The second kappa shape index (κ2) is 7.47. The van der Waals surface area contributed by atoms with Crippen LogP contribution in [0.2, 0.25) is 5.02 Å². The number of hydrogen-bond donors (Lipinski definition) is 1. The van der Waals surface area contributed by atoms with E-state index < -0.39 is 5.97 Å². The number of rotatable bonds is 7. The molecule has 0 saturated carbocycles. The van der Waals surface area contributed by atoms with Gasteiger partial charge in [0.05, 0.1) is 5.02 Å². The number of halogens is 1. The van der Waals surface area contributed by atoms with Gasteiger partial charge in [-0.3, -0.25) is 9.59 Å². The molecule has 0 aliphatic rings. The van der Waals surface area contributed by atoms with Gasteiger partial charge in [0.1, 0.15) is 12.2 Å². The Morgan fingerprint density at radius 1 is 1.33 bits per heavy atom. The fourth-order valence-corrected chi connectivity index (χ4v) is 2.15. The van der Waals surface area contributed by atoms with E-state index in [9.17, 15) is 9.59 Å². The van der Waals surface area contributed by atoms with E-state index in [0.717, 1.165) is 0 Å². The molecule has 1 aromatic rings. The number of carbonyl (C=O) groups excluding carboxylic acids is 1. The minimum atomic E-state index is -1.03. The molecule has 0 unspecified atom stereocenters. The highest BCUT2D eigenvalue weighted by Crippen LogP contribution is 2.20. The molecule has 0 bridgehead atoms. The first-order valence-electron chi connectivity index (χ1n) is 6.75. The summed E-state index contributed by atoms with van der Waals surface area (Å²) in [5.74, 6) is -1.35. The van der Waals surface area contributed by atoms with E-state index in [0.29, 0.717) is 23.8 Å². The van der Waals surface area contributed by atoms with E-state index in [1.807, 2.05) is 32.8 Å². The maximum absolute atomic E-state index is 12.6. The van der Waals surface area contributed by atoms with Gasteiger partial charge in [-0.15, -0.1) is 0 Å². The Balaban J connectivity index is 3.01. The number of aromatic nitrogens is 1. The Morgan fingerprint density at radius 2 is 1.95 bits per heavy atom. The van der Waals surface area contributed by atoms with Crippen molar-refractivity contribution in [1.29, 1.82) is 0 Å². The van der Waals surface area contributed by atoms with Crippen molar-refractivity contribution in [2.45, 2.75) is 19.9 Å². The van der Waals surface area contributed by atoms with Gasteiger partial charge in [-0.25, -0.2) is 0 Å². The van der Waals surface area contributed by atoms with Gasteiger partial charge in [0, 0.05) is 25.3 Å². The maximum Gasteiger partial charge on any atom is 0.323 e. The zero-order valence-corrected chi connectivity index (χ0v) is 13.6. The van der Waals surface area contributed by atoms with Gasteiger partial charge in [-0.05, 0) is 34.0 Å². The summed E-state index contributed by atoms with van der Waals surface area (Å²) >= 11 is 5.98. The molecule has 1 N–H and O–H groups in total. The van der Waals surface area contributed by atoms with Crippen LogP contribution in [0.1, 0.15) is 30.4 Å². The molecule has 118 valence electrons. The molecule has 0 aromatic carbocycles. The first-order chi connectivity index (χ1) is 9.72. The van der Waals surface area contributed by atoms with E-state index in [1.54, 1.807) is 16.8 Å². The molecule has 1 heterocycles. The van der Waals surface area contributed by atoms with Crippen LogP contribution in [-0.2, 0) is 4.79 Å². The molecular formula is C14H22ClN3O3. The van der Waals surface area contributed by atoms with Crippen LogP contribution in [0.3, 0.4) is 0 Å². The van der Waals surface area contributed by atoms with E-state index >= 15 is 0 Å². The average Bonchev–Trinajstić information content (AvgIpc) is 2.75. The van der Waals surface area contributed by atoms with Crippen LogP contribution in [0.25, 0.3) is 0 Å². The number of hydrogen-bond acceptors (Lipinski definition) is 3. The number of carboxylic acids is 1. The normalized spacial score (nSPS) is 11.2. The molecule has 21 heavy (non-hydrogen) atoms. The summed E-state index contributed by atoms with van der Waals surface area (Å²) in [6.07, 6.45) is 1.68. The van der Waals surface area contributed by atoms with Crippen LogP contribution >= 0.6 is 11.6 Å². The fourth-order valence-electron chi connectivity index (χ4n) is 1.94. The summed E-state index contributed by atoms with van der Waals surface area (Å²) in [6, 6.07) is 1.64. The van der Waals surface area contributed by atoms with Gasteiger partial charge in [0.25, 0.3) is 5.91 Å². The summed E-state index contributed by atoms with van der Waals surface area (Å²) < 4.78 is 1.76. The van der Waals surface area contributed by atoms with E-state index in [2.05, 4.69) is 0 Å². The van der Waals surface area contributed by atoms with Gasteiger partial charge < -0.3 is 19.5 Å². The van der Waals surface area contributed by atoms with Gasteiger partial charge in [0.2, 0.25) is 0 Å². The van der Waals surface area contributed by atoms with Crippen molar-refractivity contribution >= 4 is 23.5 Å². The zero-order valence-electron chi connectivity index (χ0n) is 12.8. The van der Waals surface area contributed by atoms with Gasteiger partial charge in [-0.2, -0.15) is 0 Å². The van der Waals surface area contributed by atoms with Crippen LogP contribution in [-0.4, -0.2) is 65.1 Å². The minimum Gasteiger partial charge on any atom is -0.480 e. The monoisotopic (exact) mass is 315 g/mol. The first kappa shape index (κ1) is 17.5. The largest absolute Gasteiger partial charge is 0.480 e. The number of carbonyl (C=O) groups is 2. The Kier molecular flexibility index (Phi) is 6.23. The number of aliphatic carboxylic acids is 1. The van der Waals surface area contributed by atoms with Gasteiger partial charge >= 0.3 is 5.97 Å². The summed E-state index contributed by atoms with van der Waals surface area (Å²) in [7, 11) is 3.74. The summed E-state index contributed by atoms with van der Waals surface area (Å²) in [5, 5.41) is 9.46. The van der Waals surface area contributed by atoms with E-state index in [4.69, 9.17) is 16.7 Å². The van der Waals surface area contributed by atoms with E-state index in [-0.39, 0.29) is 18.5 Å². The quantitative estimate of drug-likeness (QED) is 0.833. The van der Waals surface area contributed by atoms with Crippen molar-refractivity contribution in [2.75, 3.05) is 33.7 Å². The van der Waals surface area contributed by atoms with Crippen molar-refractivity contribution in [3.05, 3.63) is 23.0 Å². The second-order valence-electron chi connectivity index (χ2n) is 5.47. The van der Waals surface area contributed by atoms with Gasteiger partial charge in [-0.1, -0.05) is 11.6 Å². The lowest BCUT2D eigenvalue weighted by molar-refractivity contribution is -0.137. The average molecular weight is 316 g/mol. The molecule has 7 heteroatoms. The Morgan fingerprint density at radius 3 is 2.43 bits per heavy atom. The predicted octanol–water partition coefficient (Wildman–Crippen LogP) is 1.81. The third-order valence-corrected chi connectivity index (χ3v) is 3.23. The highest BCUT2D eigenvalue weighted by Gasteiger charge is 2.23. The molecule has 0 radical (unpaired) electrons. The van der Waals surface area contributed by atoms with Gasteiger partial charge in [0.15, 0.2) is 0 Å². The number of likely N-dealkylation sites (N-methyl/N-ethyl adjacent to an activating group) is 1. The maximum atomic E-state index is 12.6. The standard InChI is InChI=1S/C14H22ClN3O3/c1-10(2)18-8-11(15)7-12(18)14(21)17(9-13(19)20)6-5-16(3)4/h7-8,10H,5-6,9H2,1-4H3,(H,19,20). The number of nitrogens with zero attached hydrogens (tertiary/aromatic N) is 3. The molecule has 0 fully saturated rings. The van der Waals surface area contributed by atoms with Crippen LogP contribution < -0.4 is 0 Å². The molecule has 0 atom stereocenters. The number of carboxylic acid groups (broad SMARTS) is 1. The van der Waals surface area contributed by atoms with E-state index in [1.165, 1.54) is 4.90 Å². The lowest BCUT2D eigenvalue weighted by atomic mass is 10.3. The van der Waals surface area contributed by atoms with Crippen LogP contribution in [0.15, 0.2) is 12.3 Å². The lowest BCUT2D eigenvalue weighted by Gasteiger charge is -2.24.